The van der Waals surface area contributed by atoms with Gasteiger partial charge in [0.05, 0.1) is 18.2 Å². The molecule has 0 amide bonds. The van der Waals surface area contributed by atoms with Crippen molar-refractivity contribution in [2.75, 3.05) is 26.8 Å². The van der Waals surface area contributed by atoms with Crippen LogP contribution in [-0.4, -0.2) is 46.5 Å². The van der Waals surface area contributed by atoms with Gasteiger partial charge in [0.1, 0.15) is 12.2 Å². The first-order valence-corrected chi connectivity index (χ1v) is 7.73. The van der Waals surface area contributed by atoms with Crippen LogP contribution in [0.15, 0.2) is 30.6 Å². The predicted octanol–water partition coefficient (Wildman–Crippen LogP) is 2.54. The second-order valence-electron chi connectivity index (χ2n) is 5.94. The summed E-state index contributed by atoms with van der Waals surface area (Å²) in [6.07, 6.45) is -1.90. The van der Waals surface area contributed by atoms with Gasteiger partial charge in [0, 0.05) is 33.2 Å². The summed E-state index contributed by atoms with van der Waals surface area (Å²) in [5.41, 5.74) is 0.0735. The van der Waals surface area contributed by atoms with Gasteiger partial charge in [0.2, 0.25) is 0 Å². The molecule has 24 heavy (non-hydrogen) atoms. The Balaban J connectivity index is 1.57. The van der Waals surface area contributed by atoms with Crippen LogP contribution in [0, 0.1) is 0 Å². The molecular weight excluding hydrogens is 321 g/mol. The van der Waals surface area contributed by atoms with Crippen LogP contribution in [0.1, 0.15) is 23.0 Å². The zero-order valence-electron chi connectivity index (χ0n) is 13.3. The van der Waals surface area contributed by atoms with Crippen LogP contribution >= 0.6 is 0 Å². The zero-order valence-corrected chi connectivity index (χ0v) is 13.3. The Hall–Kier alpha value is -1.93. The number of hydrogen-bond acceptors (Lipinski definition) is 4. The molecule has 0 saturated carbocycles. The average molecular weight is 340 g/mol. The van der Waals surface area contributed by atoms with E-state index >= 15 is 0 Å². The van der Waals surface area contributed by atoms with E-state index in [0.29, 0.717) is 25.1 Å². The molecule has 1 aliphatic rings. The Morgan fingerprint density at radius 3 is 2.79 bits per heavy atom. The standard InChI is InChI=1S/C16H19F3N4O/c1-24-6-5-15-21-20-11-23(15)14-9-22(10-14)8-12-3-2-4-13(7-12)16(17,18)19/h2-4,7,11,14H,5-6,8-10H2,1H3. The van der Waals surface area contributed by atoms with Gasteiger partial charge in [-0.3, -0.25) is 4.90 Å². The van der Waals surface area contributed by atoms with E-state index in [4.69, 9.17) is 4.74 Å². The minimum atomic E-state index is -4.30. The Labute approximate surface area is 138 Å². The summed E-state index contributed by atoms with van der Waals surface area (Å²) in [5, 5.41) is 8.03. The van der Waals surface area contributed by atoms with Crippen LogP contribution in [0.3, 0.4) is 0 Å². The first kappa shape index (κ1) is 16.9. The number of alkyl halides is 3. The molecule has 0 N–H and O–H groups in total. The van der Waals surface area contributed by atoms with Crippen LogP contribution in [0.5, 0.6) is 0 Å². The summed E-state index contributed by atoms with van der Waals surface area (Å²) >= 11 is 0. The van der Waals surface area contributed by atoms with Crippen LogP contribution in [-0.2, 0) is 23.9 Å². The fraction of sp³-hybridized carbons (Fsp3) is 0.500. The number of hydrogen-bond donors (Lipinski definition) is 0. The van der Waals surface area contributed by atoms with Crippen molar-refractivity contribution in [1.29, 1.82) is 0 Å². The summed E-state index contributed by atoms with van der Waals surface area (Å²) in [7, 11) is 1.64. The fourth-order valence-electron chi connectivity index (χ4n) is 2.90. The van der Waals surface area contributed by atoms with Crippen LogP contribution < -0.4 is 0 Å². The van der Waals surface area contributed by atoms with Gasteiger partial charge in [0.25, 0.3) is 0 Å². The Morgan fingerprint density at radius 2 is 2.08 bits per heavy atom. The average Bonchev–Trinajstić information content (AvgIpc) is 2.95. The molecule has 5 nitrogen and oxygen atoms in total. The second-order valence-corrected chi connectivity index (χ2v) is 5.94. The molecule has 0 radical (unpaired) electrons. The first-order chi connectivity index (χ1) is 11.5. The highest BCUT2D eigenvalue weighted by atomic mass is 19.4. The maximum atomic E-state index is 12.8. The van der Waals surface area contributed by atoms with Crippen molar-refractivity contribution in [3.05, 3.63) is 47.5 Å². The van der Waals surface area contributed by atoms with Crippen LogP contribution in [0.25, 0.3) is 0 Å². The maximum Gasteiger partial charge on any atom is 0.416 e. The lowest BCUT2D eigenvalue weighted by molar-refractivity contribution is -0.137. The number of methoxy groups -OCH3 is 1. The summed E-state index contributed by atoms with van der Waals surface area (Å²) in [4.78, 5) is 2.11. The van der Waals surface area contributed by atoms with E-state index in [1.54, 1.807) is 19.5 Å². The lowest BCUT2D eigenvalue weighted by Gasteiger charge is -2.40. The van der Waals surface area contributed by atoms with E-state index in [1.807, 2.05) is 4.57 Å². The van der Waals surface area contributed by atoms with E-state index in [1.165, 1.54) is 12.1 Å². The molecule has 130 valence electrons. The number of benzene rings is 1. The van der Waals surface area contributed by atoms with Crippen molar-refractivity contribution in [2.24, 2.45) is 0 Å². The van der Waals surface area contributed by atoms with E-state index in [9.17, 15) is 13.2 Å². The monoisotopic (exact) mass is 340 g/mol. The van der Waals surface area contributed by atoms with Gasteiger partial charge in [0.15, 0.2) is 0 Å². The third-order valence-corrected chi connectivity index (χ3v) is 4.17. The van der Waals surface area contributed by atoms with Crippen molar-refractivity contribution in [3.63, 3.8) is 0 Å². The Morgan fingerprint density at radius 1 is 1.29 bits per heavy atom. The molecule has 0 aliphatic carbocycles. The topological polar surface area (TPSA) is 43.2 Å². The van der Waals surface area contributed by atoms with Gasteiger partial charge >= 0.3 is 6.18 Å². The van der Waals surface area contributed by atoms with Gasteiger partial charge in [-0.05, 0) is 11.6 Å². The summed E-state index contributed by atoms with van der Waals surface area (Å²) in [6.45, 7) is 2.64. The highest BCUT2D eigenvalue weighted by Crippen LogP contribution is 2.30. The largest absolute Gasteiger partial charge is 0.416 e. The highest BCUT2D eigenvalue weighted by Gasteiger charge is 2.32. The molecule has 0 bridgehead atoms. The number of nitrogens with zero attached hydrogens (tertiary/aromatic N) is 4. The first-order valence-electron chi connectivity index (χ1n) is 7.73. The molecule has 3 rings (SSSR count). The lowest BCUT2D eigenvalue weighted by Crippen LogP contribution is -2.47. The number of likely N-dealkylation sites (tertiary alicyclic amines) is 1. The minimum absolute atomic E-state index is 0.262. The smallest absolute Gasteiger partial charge is 0.384 e. The van der Waals surface area contributed by atoms with Gasteiger partial charge in [-0.25, -0.2) is 0 Å². The molecule has 1 aromatic carbocycles. The number of ether oxygens (including phenoxy) is 1. The van der Waals surface area contributed by atoms with Crippen molar-refractivity contribution in [1.82, 2.24) is 19.7 Å². The fourth-order valence-corrected chi connectivity index (χ4v) is 2.90. The quantitative estimate of drug-likeness (QED) is 0.811. The molecule has 0 spiro atoms. The molecule has 0 unspecified atom stereocenters. The highest BCUT2D eigenvalue weighted by molar-refractivity contribution is 5.25. The summed E-state index contributed by atoms with van der Waals surface area (Å²) in [5.74, 6) is 0.876. The van der Waals surface area contributed by atoms with Crippen molar-refractivity contribution in [3.8, 4) is 0 Å². The molecule has 8 heteroatoms. The molecule has 1 fully saturated rings. The Kier molecular flexibility index (Phi) is 4.86. The molecule has 1 aliphatic heterocycles. The lowest BCUT2D eigenvalue weighted by atomic mass is 10.1. The maximum absolute atomic E-state index is 12.8. The van der Waals surface area contributed by atoms with E-state index in [-0.39, 0.29) is 6.04 Å². The molecule has 1 aromatic heterocycles. The van der Waals surface area contributed by atoms with Gasteiger partial charge in [-0.15, -0.1) is 10.2 Å². The summed E-state index contributed by atoms with van der Waals surface area (Å²) in [6, 6.07) is 5.76. The molecule has 2 heterocycles. The third kappa shape index (κ3) is 3.76. The van der Waals surface area contributed by atoms with E-state index < -0.39 is 11.7 Å². The van der Waals surface area contributed by atoms with Crippen LogP contribution in [0.2, 0.25) is 0 Å². The third-order valence-electron chi connectivity index (χ3n) is 4.17. The van der Waals surface area contributed by atoms with Crippen molar-refractivity contribution >= 4 is 0 Å². The van der Waals surface area contributed by atoms with E-state index in [0.717, 1.165) is 25.0 Å². The molecule has 0 atom stereocenters. The normalized spacial score (nSPS) is 16.3. The predicted molar refractivity (Wildman–Crippen MR) is 81.4 cm³/mol. The number of aromatic nitrogens is 3. The SMILES string of the molecule is COCCc1nncn1C1CN(Cc2cccc(C(F)(F)F)c2)C1. The number of rotatable bonds is 6. The second kappa shape index (κ2) is 6.90. The summed E-state index contributed by atoms with van der Waals surface area (Å²) < 4.78 is 45.3. The minimum Gasteiger partial charge on any atom is -0.384 e. The van der Waals surface area contributed by atoms with Crippen molar-refractivity contribution < 1.29 is 17.9 Å². The van der Waals surface area contributed by atoms with Crippen molar-refractivity contribution in [2.45, 2.75) is 25.2 Å². The molecular formula is C16H19F3N4O. The van der Waals surface area contributed by atoms with Gasteiger partial charge in [-0.1, -0.05) is 18.2 Å². The van der Waals surface area contributed by atoms with E-state index in [2.05, 4.69) is 15.1 Å². The van der Waals surface area contributed by atoms with Crippen LogP contribution in [0.4, 0.5) is 13.2 Å². The molecule has 2 aromatic rings. The van der Waals surface area contributed by atoms with Gasteiger partial charge < -0.3 is 9.30 Å². The molecule has 1 saturated heterocycles. The van der Waals surface area contributed by atoms with Gasteiger partial charge in [-0.2, -0.15) is 13.2 Å². The number of halogens is 3. The zero-order chi connectivity index (χ0) is 17.2. The Bertz CT molecular complexity index is 680.